The normalized spacial score (nSPS) is 19.9. The number of hydrogen-bond acceptors (Lipinski definition) is 3. The summed E-state index contributed by atoms with van der Waals surface area (Å²) >= 11 is 0. The SMILES string of the molecule is O=C(c1cccc(F)c1)c1ccccc1O[C@H]1CC[C@H](C(=O)O)C1. The molecule has 0 bridgehead atoms. The third kappa shape index (κ3) is 3.45. The molecule has 2 atom stereocenters. The van der Waals surface area contributed by atoms with E-state index in [1.807, 2.05) is 0 Å². The first-order valence-corrected chi connectivity index (χ1v) is 7.83. The van der Waals surface area contributed by atoms with Gasteiger partial charge in [0.05, 0.1) is 17.6 Å². The van der Waals surface area contributed by atoms with E-state index in [9.17, 15) is 14.0 Å². The summed E-state index contributed by atoms with van der Waals surface area (Å²) in [6.45, 7) is 0. The number of carbonyl (C=O) groups is 2. The van der Waals surface area contributed by atoms with Crippen LogP contribution in [0.4, 0.5) is 4.39 Å². The smallest absolute Gasteiger partial charge is 0.306 e. The highest BCUT2D eigenvalue weighted by molar-refractivity contribution is 6.10. The molecule has 5 heteroatoms. The van der Waals surface area contributed by atoms with E-state index in [4.69, 9.17) is 9.84 Å². The molecule has 2 aromatic carbocycles. The number of carboxylic acids is 1. The Hall–Kier alpha value is -2.69. The van der Waals surface area contributed by atoms with Crippen LogP contribution < -0.4 is 4.74 Å². The van der Waals surface area contributed by atoms with Gasteiger partial charge in [-0.2, -0.15) is 0 Å². The van der Waals surface area contributed by atoms with Gasteiger partial charge >= 0.3 is 5.97 Å². The van der Waals surface area contributed by atoms with Crippen molar-refractivity contribution < 1.29 is 23.8 Å². The first-order chi connectivity index (χ1) is 11.5. The summed E-state index contributed by atoms with van der Waals surface area (Å²) in [5.74, 6) is -1.61. The van der Waals surface area contributed by atoms with E-state index in [0.717, 1.165) is 0 Å². The molecule has 0 saturated heterocycles. The van der Waals surface area contributed by atoms with Gasteiger partial charge in [0.1, 0.15) is 11.6 Å². The average Bonchev–Trinajstić information content (AvgIpc) is 3.04. The van der Waals surface area contributed by atoms with E-state index in [1.54, 1.807) is 30.3 Å². The van der Waals surface area contributed by atoms with Crippen LogP contribution in [0.15, 0.2) is 48.5 Å². The van der Waals surface area contributed by atoms with Crippen molar-refractivity contribution in [2.75, 3.05) is 0 Å². The van der Waals surface area contributed by atoms with Crippen LogP contribution in [-0.2, 0) is 4.79 Å². The summed E-state index contributed by atoms with van der Waals surface area (Å²) < 4.78 is 19.2. The van der Waals surface area contributed by atoms with Crippen molar-refractivity contribution in [2.24, 2.45) is 5.92 Å². The summed E-state index contributed by atoms with van der Waals surface area (Å²) in [5.41, 5.74) is 0.600. The van der Waals surface area contributed by atoms with Crippen molar-refractivity contribution in [3.63, 3.8) is 0 Å². The maximum Gasteiger partial charge on any atom is 0.306 e. The van der Waals surface area contributed by atoms with Gasteiger partial charge in [0, 0.05) is 5.56 Å². The molecular weight excluding hydrogens is 311 g/mol. The van der Waals surface area contributed by atoms with Gasteiger partial charge in [-0.15, -0.1) is 0 Å². The second kappa shape index (κ2) is 6.83. The van der Waals surface area contributed by atoms with Crippen LogP contribution >= 0.6 is 0 Å². The summed E-state index contributed by atoms with van der Waals surface area (Å²) in [4.78, 5) is 23.7. The third-order valence-electron chi connectivity index (χ3n) is 4.25. The monoisotopic (exact) mass is 328 g/mol. The molecule has 3 rings (SSSR count). The molecule has 0 unspecified atom stereocenters. The Balaban J connectivity index is 1.81. The van der Waals surface area contributed by atoms with Gasteiger partial charge in [-0.3, -0.25) is 9.59 Å². The van der Waals surface area contributed by atoms with E-state index >= 15 is 0 Å². The molecule has 4 nitrogen and oxygen atoms in total. The lowest BCUT2D eigenvalue weighted by Crippen LogP contribution is -2.17. The van der Waals surface area contributed by atoms with Crippen LogP contribution in [0.25, 0.3) is 0 Å². The molecule has 1 saturated carbocycles. The highest BCUT2D eigenvalue weighted by Crippen LogP contribution is 2.31. The Morgan fingerprint density at radius 1 is 1.08 bits per heavy atom. The summed E-state index contributed by atoms with van der Waals surface area (Å²) in [7, 11) is 0. The number of para-hydroxylation sites is 1. The second-order valence-corrected chi connectivity index (χ2v) is 5.92. The van der Waals surface area contributed by atoms with Gasteiger partial charge in [-0.05, 0) is 43.5 Å². The maximum absolute atomic E-state index is 13.4. The van der Waals surface area contributed by atoms with Crippen molar-refractivity contribution in [1.82, 2.24) is 0 Å². The third-order valence-corrected chi connectivity index (χ3v) is 4.25. The number of hydrogen-bond donors (Lipinski definition) is 1. The largest absolute Gasteiger partial charge is 0.490 e. The second-order valence-electron chi connectivity index (χ2n) is 5.92. The molecule has 24 heavy (non-hydrogen) atoms. The van der Waals surface area contributed by atoms with Gasteiger partial charge < -0.3 is 9.84 Å². The van der Waals surface area contributed by atoms with Gasteiger partial charge in [0.25, 0.3) is 0 Å². The van der Waals surface area contributed by atoms with Gasteiger partial charge in [0.15, 0.2) is 5.78 Å². The lowest BCUT2D eigenvalue weighted by Gasteiger charge is -2.16. The lowest BCUT2D eigenvalue weighted by atomic mass is 10.0. The predicted octanol–water partition coefficient (Wildman–Crippen LogP) is 3.69. The van der Waals surface area contributed by atoms with Gasteiger partial charge in [-0.25, -0.2) is 4.39 Å². The number of halogens is 1. The minimum atomic E-state index is -0.815. The molecule has 1 aliphatic rings. The van der Waals surface area contributed by atoms with Crippen molar-refractivity contribution in [3.05, 3.63) is 65.5 Å². The number of carboxylic acid groups (broad SMARTS) is 1. The number of aliphatic carboxylic acids is 1. The summed E-state index contributed by atoms with van der Waals surface area (Å²) in [5, 5.41) is 9.07. The van der Waals surface area contributed by atoms with Crippen LogP contribution in [0.2, 0.25) is 0 Å². The molecule has 0 heterocycles. The zero-order valence-corrected chi connectivity index (χ0v) is 12.9. The average molecular weight is 328 g/mol. The first kappa shape index (κ1) is 16.2. The minimum Gasteiger partial charge on any atom is -0.490 e. The van der Waals surface area contributed by atoms with Crippen LogP contribution in [0.1, 0.15) is 35.2 Å². The quantitative estimate of drug-likeness (QED) is 0.850. The Bertz CT molecular complexity index is 771. The maximum atomic E-state index is 13.4. The lowest BCUT2D eigenvalue weighted by molar-refractivity contribution is -0.141. The van der Waals surface area contributed by atoms with Crippen molar-refractivity contribution in [3.8, 4) is 5.75 Å². The fourth-order valence-electron chi connectivity index (χ4n) is 2.99. The zero-order valence-electron chi connectivity index (χ0n) is 12.9. The Morgan fingerprint density at radius 3 is 2.58 bits per heavy atom. The minimum absolute atomic E-state index is 0.229. The van der Waals surface area contributed by atoms with Crippen LogP contribution in [0.5, 0.6) is 5.75 Å². The highest BCUT2D eigenvalue weighted by Gasteiger charge is 2.31. The standard InChI is InChI=1S/C19H17FO4/c20-14-5-3-4-12(10-14)18(21)16-6-1-2-7-17(16)24-15-9-8-13(11-15)19(22)23/h1-7,10,13,15H,8-9,11H2,(H,22,23)/t13-,15-/m0/s1. The Morgan fingerprint density at radius 2 is 1.88 bits per heavy atom. The van der Waals surface area contributed by atoms with Crippen LogP contribution in [0.3, 0.4) is 0 Å². The molecule has 124 valence electrons. The number of ketones is 1. The number of rotatable bonds is 5. The topological polar surface area (TPSA) is 63.6 Å². The molecule has 1 aliphatic carbocycles. The van der Waals surface area contributed by atoms with Gasteiger partial charge in [-0.1, -0.05) is 24.3 Å². The van der Waals surface area contributed by atoms with Crippen molar-refractivity contribution in [2.45, 2.75) is 25.4 Å². The first-order valence-electron chi connectivity index (χ1n) is 7.83. The fourth-order valence-corrected chi connectivity index (χ4v) is 2.99. The molecule has 2 aromatic rings. The van der Waals surface area contributed by atoms with E-state index in [-0.39, 0.29) is 17.5 Å². The molecule has 1 N–H and O–H groups in total. The number of ether oxygens (including phenoxy) is 1. The molecular formula is C19H17FO4. The number of benzene rings is 2. The van der Waals surface area contributed by atoms with E-state index in [0.29, 0.717) is 30.6 Å². The van der Waals surface area contributed by atoms with E-state index in [1.165, 1.54) is 18.2 Å². The summed E-state index contributed by atoms with van der Waals surface area (Å²) in [6, 6.07) is 12.3. The number of carbonyl (C=O) groups excluding carboxylic acids is 1. The highest BCUT2D eigenvalue weighted by atomic mass is 19.1. The molecule has 0 aromatic heterocycles. The van der Waals surface area contributed by atoms with Crippen molar-refractivity contribution in [1.29, 1.82) is 0 Å². The predicted molar refractivity (Wildman–Crippen MR) is 85.7 cm³/mol. The Kier molecular flexibility index (Phi) is 4.60. The molecule has 1 fully saturated rings. The molecule has 0 radical (unpaired) electrons. The van der Waals surface area contributed by atoms with Gasteiger partial charge in [0.2, 0.25) is 0 Å². The van der Waals surface area contributed by atoms with Crippen LogP contribution in [-0.4, -0.2) is 23.0 Å². The van der Waals surface area contributed by atoms with Crippen molar-refractivity contribution >= 4 is 11.8 Å². The molecule has 0 amide bonds. The van der Waals surface area contributed by atoms with E-state index < -0.39 is 17.7 Å². The molecule has 0 spiro atoms. The fraction of sp³-hybridized carbons (Fsp3) is 0.263. The van der Waals surface area contributed by atoms with Crippen LogP contribution in [0, 0.1) is 11.7 Å². The molecule has 0 aliphatic heterocycles. The van der Waals surface area contributed by atoms with E-state index in [2.05, 4.69) is 0 Å². The Labute approximate surface area is 138 Å². The summed E-state index contributed by atoms with van der Waals surface area (Å²) in [6.07, 6.45) is 1.41. The zero-order chi connectivity index (χ0) is 17.1.